The summed E-state index contributed by atoms with van der Waals surface area (Å²) in [4.78, 5) is 26.6. The number of esters is 1. The standard InChI is InChI=1S/C27H28BrNO7/c1-13-23(27(32)36-5)24(16-8-17(28)26(31)22(12-16)35-4)25-18(29-13)9-15(10-19(25)30)14-6-7-20(33-2)21(11-14)34-3/h6-8,11-12,15,24,29,31H,9-10H2,1-5H3/t15-,24+/m1/s1. The summed E-state index contributed by atoms with van der Waals surface area (Å²) in [6.07, 6.45) is 0.825. The zero-order valence-corrected chi connectivity index (χ0v) is 22.3. The Balaban J connectivity index is 1.83. The number of allylic oxidation sites excluding steroid dienone is 3. The third-order valence-electron chi connectivity index (χ3n) is 6.72. The van der Waals surface area contributed by atoms with Crippen molar-refractivity contribution in [1.82, 2.24) is 5.32 Å². The minimum Gasteiger partial charge on any atom is -0.503 e. The van der Waals surface area contributed by atoms with Gasteiger partial charge < -0.3 is 29.4 Å². The van der Waals surface area contributed by atoms with Crippen molar-refractivity contribution in [3.63, 3.8) is 0 Å². The van der Waals surface area contributed by atoms with Crippen molar-refractivity contribution < 1.29 is 33.6 Å². The van der Waals surface area contributed by atoms with Crippen LogP contribution in [0.5, 0.6) is 23.0 Å². The number of methoxy groups -OCH3 is 4. The Morgan fingerprint density at radius 1 is 0.972 bits per heavy atom. The van der Waals surface area contributed by atoms with E-state index in [9.17, 15) is 14.7 Å². The Morgan fingerprint density at radius 3 is 2.28 bits per heavy atom. The number of rotatable bonds is 6. The molecule has 2 aromatic carbocycles. The second kappa shape index (κ2) is 10.3. The molecule has 36 heavy (non-hydrogen) atoms. The van der Waals surface area contributed by atoms with Gasteiger partial charge in [0, 0.05) is 29.3 Å². The molecule has 4 rings (SSSR count). The second-order valence-corrected chi connectivity index (χ2v) is 9.53. The van der Waals surface area contributed by atoms with Gasteiger partial charge in [0.1, 0.15) is 0 Å². The molecule has 2 aromatic rings. The first-order valence-corrected chi connectivity index (χ1v) is 12.1. The number of phenolic OH excluding ortho intramolecular Hbond substituents is 1. The Bertz CT molecular complexity index is 1300. The van der Waals surface area contributed by atoms with E-state index in [0.717, 1.165) is 11.3 Å². The van der Waals surface area contributed by atoms with Crippen LogP contribution in [0.25, 0.3) is 0 Å². The molecule has 0 unspecified atom stereocenters. The van der Waals surface area contributed by atoms with Crippen LogP contribution in [0.4, 0.5) is 0 Å². The monoisotopic (exact) mass is 557 g/mol. The molecule has 0 saturated carbocycles. The maximum atomic E-state index is 13.7. The second-order valence-electron chi connectivity index (χ2n) is 8.68. The summed E-state index contributed by atoms with van der Waals surface area (Å²) < 4.78 is 21.6. The quantitative estimate of drug-likeness (QED) is 0.492. The Hall–Kier alpha value is -3.46. The average Bonchev–Trinajstić information content (AvgIpc) is 2.88. The van der Waals surface area contributed by atoms with Crippen molar-refractivity contribution in [2.24, 2.45) is 0 Å². The molecule has 0 bridgehead atoms. The summed E-state index contributed by atoms with van der Waals surface area (Å²) in [6.45, 7) is 1.79. The number of ketones is 1. The zero-order valence-electron chi connectivity index (χ0n) is 20.7. The molecule has 1 heterocycles. The van der Waals surface area contributed by atoms with Crippen molar-refractivity contribution in [1.29, 1.82) is 0 Å². The fourth-order valence-corrected chi connectivity index (χ4v) is 5.47. The molecule has 0 aromatic heterocycles. The van der Waals surface area contributed by atoms with Gasteiger partial charge in [-0.25, -0.2) is 4.79 Å². The molecular weight excluding hydrogens is 530 g/mol. The fraction of sp³-hybridized carbons (Fsp3) is 0.333. The highest BCUT2D eigenvalue weighted by molar-refractivity contribution is 9.10. The first kappa shape index (κ1) is 25.6. The fourth-order valence-electron chi connectivity index (χ4n) is 5.01. The lowest BCUT2D eigenvalue weighted by Gasteiger charge is -2.36. The maximum Gasteiger partial charge on any atom is 0.336 e. The van der Waals surface area contributed by atoms with Crippen molar-refractivity contribution >= 4 is 27.7 Å². The Labute approximate surface area is 218 Å². The molecule has 9 heteroatoms. The molecule has 1 aliphatic heterocycles. The summed E-state index contributed by atoms with van der Waals surface area (Å²) >= 11 is 3.36. The van der Waals surface area contributed by atoms with Crippen LogP contribution in [-0.2, 0) is 14.3 Å². The van der Waals surface area contributed by atoms with Crippen LogP contribution >= 0.6 is 15.9 Å². The molecule has 2 atom stereocenters. The van der Waals surface area contributed by atoms with E-state index < -0.39 is 11.9 Å². The Morgan fingerprint density at radius 2 is 1.64 bits per heavy atom. The summed E-state index contributed by atoms with van der Waals surface area (Å²) in [7, 11) is 5.91. The SMILES string of the molecule is COC(=O)C1=C(C)NC2=C(C(=O)C[C@H](c3ccc(OC)c(OC)c3)C2)[C@H]1c1cc(Br)c(O)c(OC)c1. The van der Waals surface area contributed by atoms with Crippen LogP contribution < -0.4 is 19.5 Å². The molecular formula is C27H28BrNO7. The number of benzene rings is 2. The van der Waals surface area contributed by atoms with Crippen molar-refractivity contribution in [2.45, 2.75) is 31.6 Å². The third-order valence-corrected chi connectivity index (χ3v) is 7.32. The molecule has 190 valence electrons. The van der Waals surface area contributed by atoms with Crippen molar-refractivity contribution in [3.8, 4) is 23.0 Å². The molecule has 0 radical (unpaired) electrons. The minimum atomic E-state index is -0.682. The highest BCUT2D eigenvalue weighted by Gasteiger charge is 2.41. The topological polar surface area (TPSA) is 103 Å². The van der Waals surface area contributed by atoms with E-state index >= 15 is 0 Å². The van der Waals surface area contributed by atoms with E-state index in [4.69, 9.17) is 18.9 Å². The van der Waals surface area contributed by atoms with E-state index in [2.05, 4.69) is 21.2 Å². The molecule has 1 aliphatic carbocycles. The first-order chi connectivity index (χ1) is 17.2. The van der Waals surface area contributed by atoms with E-state index in [1.807, 2.05) is 18.2 Å². The van der Waals surface area contributed by atoms with Gasteiger partial charge in [-0.3, -0.25) is 4.79 Å². The van der Waals surface area contributed by atoms with Crippen LogP contribution in [0.15, 0.2) is 57.3 Å². The zero-order chi connectivity index (χ0) is 26.1. The predicted octanol–water partition coefficient (Wildman–Crippen LogP) is 4.72. The first-order valence-electron chi connectivity index (χ1n) is 11.3. The van der Waals surface area contributed by atoms with Crippen LogP contribution in [0.1, 0.15) is 42.7 Å². The number of Topliss-reactive ketones (excluding diaryl/α,β-unsaturated/α-hetero) is 1. The largest absolute Gasteiger partial charge is 0.503 e. The van der Waals surface area contributed by atoms with Gasteiger partial charge >= 0.3 is 5.97 Å². The van der Waals surface area contributed by atoms with E-state index in [0.29, 0.717) is 44.8 Å². The van der Waals surface area contributed by atoms with Gasteiger partial charge in [-0.2, -0.15) is 0 Å². The number of phenols is 1. The highest BCUT2D eigenvalue weighted by Crippen LogP contribution is 2.48. The van der Waals surface area contributed by atoms with E-state index in [-0.39, 0.29) is 29.6 Å². The molecule has 0 saturated heterocycles. The highest BCUT2D eigenvalue weighted by atomic mass is 79.9. The molecule has 0 fully saturated rings. The molecule has 0 spiro atoms. The number of dihydropyridines is 1. The van der Waals surface area contributed by atoms with Gasteiger partial charge in [0.2, 0.25) is 0 Å². The summed E-state index contributed by atoms with van der Waals surface area (Å²) in [5.41, 5.74) is 3.80. The number of aromatic hydroxyl groups is 1. The van der Waals surface area contributed by atoms with Crippen molar-refractivity contribution in [2.75, 3.05) is 28.4 Å². The van der Waals surface area contributed by atoms with E-state index in [1.165, 1.54) is 14.2 Å². The lowest BCUT2D eigenvalue weighted by molar-refractivity contribution is -0.136. The van der Waals surface area contributed by atoms with Gasteiger partial charge in [0.25, 0.3) is 0 Å². The Kier molecular flexibility index (Phi) is 7.31. The number of hydrogen-bond donors (Lipinski definition) is 2. The van der Waals surface area contributed by atoms with Crippen LogP contribution in [0.2, 0.25) is 0 Å². The normalized spacial score (nSPS) is 19.4. The summed E-state index contributed by atoms with van der Waals surface area (Å²) in [6, 6.07) is 9.01. The van der Waals surface area contributed by atoms with Gasteiger partial charge in [0.15, 0.2) is 28.8 Å². The van der Waals surface area contributed by atoms with Gasteiger partial charge in [-0.15, -0.1) is 0 Å². The summed E-state index contributed by atoms with van der Waals surface area (Å²) in [5, 5.41) is 13.6. The number of halogens is 1. The number of carbonyl (C=O) groups is 2. The van der Waals surface area contributed by atoms with Crippen LogP contribution in [0.3, 0.4) is 0 Å². The minimum absolute atomic E-state index is 0.0619. The summed E-state index contributed by atoms with van der Waals surface area (Å²) in [5.74, 6) is 0.00661. The number of nitrogens with one attached hydrogen (secondary N) is 1. The lowest BCUT2D eigenvalue weighted by atomic mass is 9.71. The van der Waals surface area contributed by atoms with Gasteiger partial charge in [-0.05, 0) is 70.6 Å². The molecule has 8 nitrogen and oxygen atoms in total. The van der Waals surface area contributed by atoms with Gasteiger partial charge in [-0.1, -0.05) is 6.07 Å². The maximum absolute atomic E-state index is 13.7. The molecule has 0 amide bonds. The van der Waals surface area contributed by atoms with Crippen molar-refractivity contribution in [3.05, 3.63) is 68.5 Å². The molecule has 2 aliphatic rings. The predicted molar refractivity (Wildman–Crippen MR) is 137 cm³/mol. The van der Waals surface area contributed by atoms with Crippen LogP contribution in [-0.4, -0.2) is 45.3 Å². The smallest absolute Gasteiger partial charge is 0.336 e. The number of ether oxygens (including phenoxy) is 4. The number of hydrogen-bond acceptors (Lipinski definition) is 8. The third kappa shape index (κ3) is 4.43. The molecule has 2 N–H and O–H groups in total. The van der Waals surface area contributed by atoms with Crippen LogP contribution in [0, 0.1) is 0 Å². The van der Waals surface area contributed by atoms with Gasteiger partial charge in [0.05, 0.1) is 38.5 Å². The number of carbonyl (C=O) groups excluding carboxylic acids is 2. The van der Waals surface area contributed by atoms with E-state index in [1.54, 1.807) is 33.3 Å². The average molecular weight is 558 g/mol. The lowest BCUT2D eigenvalue weighted by Crippen LogP contribution is -2.36.